The number of rotatable bonds is 2. The largest absolute Gasteiger partial charge is 0.384 e. The maximum absolute atomic E-state index is 12.1. The van der Waals surface area contributed by atoms with E-state index >= 15 is 0 Å². The number of para-hydroxylation sites is 1. The lowest BCUT2D eigenvalue weighted by atomic mass is 10.1. The Bertz CT molecular complexity index is 707. The second-order valence-corrected chi connectivity index (χ2v) is 7.40. The first kappa shape index (κ1) is 13.2. The molecule has 1 saturated heterocycles. The molecule has 106 valence electrons. The first-order valence-corrected chi connectivity index (χ1v) is 8.42. The molecule has 0 aliphatic carbocycles. The second kappa shape index (κ2) is 4.94. The van der Waals surface area contributed by atoms with Crippen LogP contribution in [-0.2, 0) is 9.84 Å². The summed E-state index contributed by atoms with van der Waals surface area (Å²) in [5.74, 6) is 0.711. The zero-order valence-corrected chi connectivity index (χ0v) is 11.9. The zero-order valence-electron chi connectivity index (χ0n) is 11.1. The van der Waals surface area contributed by atoms with Crippen LogP contribution in [-0.4, -0.2) is 24.0 Å². The minimum atomic E-state index is -3.09. The fourth-order valence-corrected chi connectivity index (χ4v) is 4.53. The van der Waals surface area contributed by atoms with Crippen molar-refractivity contribution in [2.24, 2.45) is 0 Å². The maximum Gasteiger partial charge on any atom is 0.158 e. The predicted molar refractivity (Wildman–Crippen MR) is 78.4 cm³/mol. The topological polar surface area (TPSA) is 78.0 Å². The van der Waals surface area contributed by atoms with Crippen molar-refractivity contribution in [1.29, 1.82) is 0 Å². The van der Waals surface area contributed by atoms with Crippen molar-refractivity contribution in [1.82, 2.24) is 9.78 Å². The molecule has 0 saturated carbocycles. The van der Waals surface area contributed by atoms with Gasteiger partial charge in [-0.05, 0) is 25.0 Å². The first-order chi connectivity index (χ1) is 9.58. The van der Waals surface area contributed by atoms with Crippen LogP contribution in [0.1, 0.15) is 30.2 Å². The molecule has 2 aromatic rings. The highest BCUT2D eigenvalue weighted by molar-refractivity contribution is 7.91. The third kappa shape index (κ3) is 2.31. The summed E-state index contributed by atoms with van der Waals surface area (Å²) in [5.41, 5.74) is 7.37. The molecule has 0 bridgehead atoms. The van der Waals surface area contributed by atoms with E-state index in [9.17, 15) is 8.42 Å². The molecule has 2 heterocycles. The molecular weight excluding hydrogens is 274 g/mol. The number of nitrogen functional groups attached to an aromatic ring is 1. The highest BCUT2D eigenvalue weighted by Gasteiger charge is 2.32. The number of hydrogen-bond donors (Lipinski definition) is 1. The highest BCUT2D eigenvalue weighted by Crippen LogP contribution is 2.33. The summed E-state index contributed by atoms with van der Waals surface area (Å²) in [4.78, 5) is 0. The van der Waals surface area contributed by atoms with Crippen LogP contribution in [0.3, 0.4) is 0 Å². The third-order valence-electron chi connectivity index (χ3n) is 3.67. The standard InChI is InChI=1S/C14H17N3O2S/c15-14-10-12(13-8-4-5-9-20(13,18)19)16-17(14)11-6-2-1-3-7-11/h1-3,6-7,10,13H,4-5,8-9,15H2. The number of anilines is 1. The average molecular weight is 291 g/mol. The number of sulfone groups is 1. The molecule has 1 aliphatic heterocycles. The lowest BCUT2D eigenvalue weighted by molar-refractivity contribution is 0.541. The smallest absolute Gasteiger partial charge is 0.158 e. The van der Waals surface area contributed by atoms with Gasteiger partial charge in [0.2, 0.25) is 0 Å². The average Bonchev–Trinajstić information content (AvgIpc) is 2.81. The van der Waals surface area contributed by atoms with E-state index in [1.165, 1.54) is 0 Å². The van der Waals surface area contributed by atoms with Crippen LogP contribution in [0.5, 0.6) is 0 Å². The Morgan fingerprint density at radius 2 is 1.95 bits per heavy atom. The molecule has 1 aliphatic rings. The van der Waals surface area contributed by atoms with Crippen LogP contribution < -0.4 is 5.73 Å². The summed E-state index contributed by atoms with van der Waals surface area (Å²) < 4.78 is 25.9. The number of nitrogens with two attached hydrogens (primary N) is 1. The van der Waals surface area contributed by atoms with Crippen molar-refractivity contribution in [3.05, 3.63) is 42.1 Å². The fourth-order valence-electron chi connectivity index (χ4n) is 2.63. The molecule has 2 N–H and O–H groups in total. The Hall–Kier alpha value is -1.82. The Labute approximate surface area is 118 Å². The summed E-state index contributed by atoms with van der Waals surface area (Å²) in [5, 5.41) is 3.90. The van der Waals surface area contributed by atoms with Gasteiger partial charge in [-0.15, -0.1) is 0 Å². The van der Waals surface area contributed by atoms with E-state index in [1.54, 1.807) is 10.7 Å². The minimum absolute atomic E-state index is 0.246. The quantitative estimate of drug-likeness (QED) is 0.919. The van der Waals surface area contributed by atoms with Gasteiger partial charge in [0.1, 0.15) is 11.1 Å². The van der Waals surface area contributed by atoms with E-state index in [0.29, 0.717) is 17.9 Å². The van der Waals surface area contributed by atoms with Crippen molar-refractivity contribution in [3.63, 3.8) is 0 Å². The minimum Gasteiger partial charge on any atom is -0.384 e. The number of hydrogen-bond acceptors (Lipinski definition) is 4. The van der Waals surface area contributed by atoms with Gasteiger partial charge in [-0.2, -0.15) is 5.10 Å². The summed E-state index contributed by atoms with van der Waals surface area (Å²) in [6.45, 7) is 0. The van der Waals surface area contributed by atoms with E-state index in [1.807, 2.05) is 30.3 Å². The molecule has 20 heavy (non-hydrogen) atoms. The molecule has 6 heteroatoms. The summed E-state index contributed by atoms with van der Waals surface area (Å²) in [6.07, 6.45) is 2.29. The van der Waals surface area contributed by atoms with Gasteiger partial charge in [0, 0.05) is 6.07 Å². The van der Waals surface area contributed by atoms with E-state index in [0.717, 1.165) is 18.5 Å². The van der Waals surface area contributed by atoms with E-state index < -0.39 is 15.1 Å². The van der Waals surface area contributed by atoms with E-state index in [-0.39, 0.29) is 5.75 Å². The number of nitrogens with zero attached hydrogens (tertiary/aromatic N) is 2. The van der Waals surface area contributed by atoms with Crippen LogP contribution in [0.15, 0.2) is 36.4 Å². The van der Waals surface area contributed by atoms with Gasteiger partial charge < -0.3 is 5.73 Å². The molecule has 1 fully saturated rings. The summed E-state index contributed by atoms with van der Waals surface area (Å²) in [7, 11) is -3.09. The van der Waals surface area contributed by atoms with Gasteiger partial charge in [0.25, 0.3) is 0 Å². The zero-order chi connectivity index (χ0) is 14.2. The van der Waals surface area contributed by atoms with Crippen LogP contribution in [0.25, 0.3) is 5.69 Å². The van der Waals surface area contributed by atoms with Gasteiger partial charge >= 0.3 is 0 Å². The van der Waals surface area contributed by atoms with Crippen molar-refractivity contribution >= 4 is 15.7 Å². The Morgan fingerprint density at radius 1 is 1.20 bits per heavy atom. The molecule has 5 nitrogen and oxygen atoms in total. The summed E-state index contributed by atoms with van der Waals surface area (Å²) >= 11 is 0. The van der Waals surface area contributed by atoms with Crippen molar-refractivity contribution in [3.8, 4) is 5.69 Å². The van der Waals surface area contributed by atoms with E-state index in [4.69, 9.17) is 5.73 Å². The number of benzene rings is 1. The van der Waals surface area contributed by atoms with Crippen molar-refractivity contribution in [2.75, 3.05) is 11.5 Å². The molecule has 1 aromatic heterocycles. The lowest BCUT2D eigenvalue weighted by Crippen LogP contribution is -2.22. The highest BCUT2D eigenvalue weighted by atomic mass is 32.2. The fraction of sp³-hybridized carbons (Fsp3) is 0.357. The monoisotopic (exact) mass is 291 g/mol. The Morgan fingerprint density at radius 3 is 2.65 bits per heavy atom. The van der Waals surface area contributed by atoms with E-state index in [2.05, 4.69) is 5.10 Å². The molecular formula is C14H17N3O2S. The molecule has 3 rings (SSSR count). The third-order valence-corrected chi connectivity index (χ3v) is 5.87. The van der Waals surface area contributed by atoms with Crippen molar-refractivity contribution in [2.45, 2.75) is 24.5 Å². The molecule has 0 spiro atoms. The second-order valence-electron chi connectivity index (χ2n) is 5.09. The number of aromatic nitrogens is 2. The Kier molecular flexibility index (Phi) is 3.25. The molecule has 0 amide bonds. The molecule has 1 unspecified atom stereocenters. The van der Waals surface area contributed by atoms with Crippen LogP contribution in [0.4, 0.5) is 5.82 Å². The lowest BCUT2D eigenvalue weighted by Gasteiger charge is -2.20. The molecule has 1 atom stereocenters. The van der Waals surface area contributed by atoms with Crippen LogP contribution in [0.2, 0.25) is 0 Å². The first-order valence-electron chi connectivity index (χ1n) is 6.70. The molecule has 1 aromatic carbocycles. The SMILES string of the molecule is Nc1cc(C2CCCCS2(=O)=O)nn1-c1ccccc1. The Balaban J connectivity index is 2.01. The maximum atomic E-state index is 12.1. The predicted octanol–water partition coefficient (Wildman–Crippen LogP) is 2.09. The van der Waals surface area contributed by atoms with Crippen molar-refractivity contribution < 1.29 is 8.42 Å². The van der Waals surface area contributed by atoms with Crippen LogP contribution >= 0.6 is 0 Å². The van der Waals surface area contributed by atoms with Crippen LogP contribution in [0, 0.1) is 0 Å². The van der Waals surface area contributed by atoms with Gasteiger partial charge in [-0.25, -0.2) is 13.1 Å². The van der Waals surface area contributed by atoms with Gasteiger partial charge in [-0.1, -0.05) is 24.6 Å². The normalized spacial score (nSPS) is 21.7. The van der Waals surface area contributed by atoms with Gasteiger partial charge in [0.15, 0.2) is 9.84 Å². The van der Waals surface area contributed by atoms with Gasteiger partial charge in [-0.3, -0.25) is 0 Å². The van der Waals surface area contributed by atoms with Gasteiger partial charge in [0.05, 0.1) is 17.1 Å². The molecule has 0 radical (unpaired) electrons. The summed E-state index contributed by atoms with van der Waals surface area (Å²) in [6, 6.07) is 11.2.